The zero-order chi connectivity index (χ0) is 14.1. The van der Waals surface area contributed by atoms with Gasteiger partial charge >= 0.3 is 0 Å². The summed E-state index contributed by atoms with van der Waals surface area (Å²) in [4.78, 5) is 5.63. The number of nitrogens with one attached hydrogen (secondary N) is 2. The quantitative estimate of drug-likeness (QED) is 0.805. The summed E-state index contributed by atoms with van der Waals surface area (Å²) in [5.41, 5.74) is 0. The maximum Gasteiger partial charge on any atom is 0.0489 e. The first kappa shape index (κ1) is 14.4. The van der Waals surface area contributed by atoms with Gasteiger partial charge in [-0.15, -0.1) is 0 Å². The Hall–Kier alpha value is -0.160. The molecule has 0 spiro atoms. The van der Waals surface area contributed by atoms with Gasteiger partial charge in [0, 0.05) is 30.8 Å². The van der Waals surface area contributed by atoms with Crippen LogP contribution in [-0.2, 0) is 0 Å². The maximum atomic E-state index is 3.78. The molecule has 0 bridgehead atoms. The van der Waals surface area contributed by atoms with Gasteiger partial charge in [0.05, 0.1) is 0 Å². The van der Waals surface area contributed by atoms with Crippen LogP contribution in [0.25, 0.3) is 0 Å². The van der Waals surface area contributed by atoms with Gasteiger partial charge in [-0.2, -0.15) is 0 Å². The molecule has 120 valence electrons. The van der Waals surface area contributed by atoms with E-state index in [4.69, 9.17) is 0 Å². The normalized spacial score (nSPS) is 37.7. The molecule has 4 fully saturated rings. The second-order valence-electron chi connectivity index (χ2n) is 7.58. The van der Waals surface area contributed by atoms with Crippen molar-refractivity contribution in [3.8, 4) is 0 Å². The third-order valence-electron chi connectivity index (χ3n) is 6.48. The van der Waals surface area contributed by atoms with Crippen molar-refractivity contribution in [2.45, 2.75) is 75.5 Å². The Morgan fingerprint density at radius 3 is 2.33 bits per heavy atom. The SMILES string of the molecule is C1CC[C@H]2NCN(C3CCN(C4CCNCC4)CC3)[C@@H]2C1. The molecular weight excluding hydrogens is 260 g/mol. The second-order valence-corrected chi connectivity index (χ2v) is 7.58. The van der Waals surface area contributed by atoms with Gasteiger partial charge in [-0.25, -0.2) is 0 Å². The summed E-state index contributed by atoms with van der Waals surface area (Å²) in [6, 6.07) is 3.38. The van der Waals surface area contributed by atoms with Crippen molar-refractivity contribution in [2.24, 2.45) is 0 Å². The zero-order valence-electron chi connectivity index (χ0n) is 13.4. The molecular formula is C17H32N4. The van der Waals surface area contributed by atoms with Crippen molar-refractivity contribution in [3.63, 3.8) is 0 Å². The van der Waals surface area contributed by atoms with Gasteiger partial charge < -0.3 is 10.2 Å². The van der Waals surface area contributed by atoms with Crippen LogP contribution in [0.15, 0.2) is 0 Å². The molecule has 4 nitrogen and oxygen atoms in total. The van der Waals surface area contributed by atoms with Crippen molar-refractivity contribution in [2.75, 3.05) is 32.8 Å². The number of fused-ring (bicyclic) bond motifs is 1. The first-order chi connectivity index (χ1) is 10.4. The lowest BCUT2D eigenvalue weighted by atomic mass is 9.89. The molecule has 3 aliphatic heterocycles. The fourth-order valence-corrected chi connectivity index (χ4v) is 5.24. The Bertz CT molecular complexity index is 334. The molecule has 1 saturated carbocycles. The molecule has 1 aliphatic carbocycles. The highest BCUT2D eigenvalue weighted by atomic mass is 15.4. The molecule has 4 rings (SSSR count). The number of nitrogens with zero attached hydrogens (tertiary/aromatic N) is 2. The van der Waals surface area contributed by atoms with Crippen LogP contribution in [0.4, 0.5) is 0 Å². The van der Waals surface area contributed by atoms with Crippen molar-refractivity contribution in [1.29, 1.82) is 0 Å². The molecule has 3 saturated heterocycles. The molecule has 0 aromatic carbocycles. The monoisotopic (exact) mass is 292 g/mol. The molecule has 3 heterocycles. The van der Waals surface area contributed by atoms with Crippen LogP contribution < -0.4 is 10.6 Å². The average molecular weight is 292 g/mol. The predicted octanol–water partition coefficient (Wildman–Crippen LogP) is 1.38. The smallest absolute Gasteiger partial charge is 0.0489 e. The van der Waals surface area contributed by atoms with E-state index in [0.717, 1.165) is 30.8 Å². The van der Waals surface area contributed by atoms with E-state index in [1.807, 2.05) is 0 Å². The molecule has 4 aliphatic rings. The highest BCUT2D eigenvalue weighted by Crippen LogP contribution is 2.31. The third-order valence-corrected chi connectivity index (χ3v) is 6.48. The van der Waals surface area contributed by atoms with Crippen molar-refractivity contribution >= 4 is 0 Å². The van der Waals surface area contributed by atoms with Crippen LogP contribution in [0.1, 0.15) is 51.4 Å². The van der Waals surface area contributed by atoms with Crippen molar-refractivity contribution in [1.82, 2.24) is 20.4 Å². The van der Waals surface area contributed by atoms with Gasteiger partial charge in [0.25, 0.3) is 0 Å². The zero-order valence-corrected chi connectivity index (χ0v) is 13.4. The molecule has 2 N–H and O–H groups in total. The number of likely N-dealkylation sites (tertiary alicyclic amines) is 1. The summed E-state index contributed by atoms with van der Waals surface area (Å²) < 4.78 is 0. The summed E-state index contributed by atoms with van der Waals surface area (Å²) in [5, 5.41) is 7.28. The third kappa shape index (κ3) is 3.00. The molecule has 0 aromatic rings. The van der Waals surface area contributed by atoms with Gasteiger partial charge in [0.1, 0.15) is 0 Å². The first-order valence-electron chi connectivity index (χ1n) is 9.36. The van der Waals surface area contributed by atoms with Crippen LogP contribution in [0.5, 0.6) is 0 Å². The van der Waals surface area contributed by atoms with Gasteiger partial charge in [-0.3, -0.25) is 10.2 Å². The Kier molecular flexibility index (Phi) is 4.49. The fraction of sp³-hybridized carbons (Fsp3) is 1.00. The Labute approximate surface area is 129 Å². The standard InChI is InChI=1S/C17H32N4/c1-2-4-17-16(3-1)19-13-21(17)15-7-11-20(12-8-15)14-5-9-18-10-6-14/h14-19H,1-13H2/t16-,17-/m1/s1. The summed E-state index contributed by atoms with van der Waals surface area (Å²) in [6.07, 6.45) is 11.3. The minimum atomic E-state index is 0.807. The Morgan fingerprint density at radius 1 is 0.762 bits per heavy atom. The van der Waals surface area contributed by atoms with E-state index in [9.17, 15) is 0 Å². The molecule has 0 radical (unpaired) electrons. The van der Waals surface area contributed by atoms with Crippen LogP contribution in [0.3, 0.4) is 0 Å². The highest BCUT2D eigenvalue weighted by Gasteiger charge is 2.40. The predicted molar refractivity (Wildman–Crippen MR) is 86.4 cm³/mol. The number of piperidine rings is 2. The topological polar surface area (TPSA) is 30.5 Å². The lowest BCUT2D eigenvalue weighted by Crippen LogP contribution is -2.52. The summed E-state index contributed by atoms with van der Waals surface area (Å²) >= 11 is 0. The minimum Gasteiger partial charge on any atom is -0.317 e. The first-order valence-corrected chi connectivity index (χ1v) is 9.36. The van der Waals surface area contributed by atoms with Crippen LogP contribution in [0, 0.1) is 0 Å². The van der Waals surface area contributed by atoms with Crippen molar-refractivity contribution in [3.05, 3.63) is 0 Å². The van der Waals surface area contributed by atoms with E-state index in [0.29, 0.717) is 0 Å². The lowest BCUT2D eigenvalue weighted by Gasteiger charge is -2.43. The number of hydrogen-bond acceptors (Lipinski definition) is 4. The highest BCUT2D eigenvalue weighted by molar-refractivity contribution is 4.97. The lowest BCUT2D eigenvalue weighted by molar-refractivity contribution is 0.0593. The van der Waals surface area contributed by atoms with E-state index in [1.165, 1.54) is 77.5 Å². The van der Waals surface area contributed by atoms with E-state index >= 15 is 0 Å². The average Bonchev–Trinajstić information content (AvgIpc) is 3.00. The van der Waals surface area contributed by atoms with Gasteiger partial charge in [0.15, 0.2) is 0 Å². The number of hydrogen-bond donors (Lipinski definition) is 2. The van der Waals surface area contributed by atoms with Crippen LogP contribution in [0.2, 0.25) is 0 Å². The Morgan fingerprint density at radius 2 is 1.52 bits per heavy atom. The van der Waals surface area contributed by atoms with Gasteiger partial charge in [-0.1, -0.05) is 12.8 Å². The van der Waals surface area contributed by atoms with E-state index in [1.54, 1.807) is 0 Å². The van der Waals surface area contributed by atoms with E-state index in [2.05, 4.69) is 20.4 Å². The van der Waals surface area contributed by atoms with Crippen molar-refractivity contribution < 1.29 is 0 Å². The van der Waals surface area contributed by atoms with Crippen LogP contribution >= 0.6 is 0 Å². The Balaban J connectivity index is 1.30. The molecule has 0 aromatic heterocycles. The largest absolute Gasteiger partial charge is 0.317 e. The molecule has 21 heavy (non-hydrogen) atoms. The van der Waals surface area contributed by atoms with Gasteiger partial charge in [0.2, 0.25) is 0 Å². The fourth-order valence-electron chi connectivity index (χ4n) is 5.24. The number of rotatable bonds is 2. The summed E-state index contributed by atoms with van der Waals surface area (Å²) in [7, 11) is 0. The molecule has 0 unspecified atom stereocenters. The second kappa shape index (κ2) is 6.53. The van der Waals surface area contributed by atoms with Crippen LogP contribution in [-0.4, -0.2) is 66.8 Å². The summed E-state index contributed by atoms with van der Waals surface area (Å²) in [5.74, 6) is 0. The molecule has 2 atom stereocenters. The van der Waals surface area contributed by atoms with Gasteiger partial charge in [-0.05, 0) is 64.7 Å². The maximum absolute atomic E-state index is 3.78. The minimum absolute atomic E-state index is 0.807. The van der Waals surface area contributed by atoms with E-state index < -0.39 is 0 Å². The molecule has 4 heteroatoms. The van der Waals surface area contributed by atoms with E-state index in [-0.39, 0.29) is 0 Å². The molecule has 0 amide bonds. The summed E-state index contributed by atoms with van der Waals surface area (Å²) in [6.45, 7) is 6.29.